The van der Waals surface area contributed by atoms with Crippen LogP contribution in [0.1, 0.15) is 22.3 Å². The fourth-order valence-electron chi connectivity index (χ4n) is 5.79. The highest BCUT2D eigenvalue weighted by Gasteiger charge is 2.63. The van der Waals surface area contributed by atoms with Crippen LogP contribution in [0.4, 0.5) is 0 Å². The highest BCUT2D eigenvalue weighted by atomic mass is 32.2. The molecule has 14 heteroatoms. The topological polar surface area (TPSA) is 143 Å². The maximum atomic E-state index is 14.0. The Balaban J connectivity index is 1.71. The molecule has 208 valence electrons. The summed E-state index contributed by atoms with van der Waals surface area (Å²) in [5.74, 6) is -2.37. The molecule has 2 aromatic rings. The molecule has 3 aliphatic heterocycles. The summed E-state index contributed by atoms with van der Waals surface area (Å²) < 4.78 is 110. The number of rotatable bonds is 4. The summed E-state index contributed by atoms with van der Waals surface area (Å²) in [5.41, 5.74) is 3.12. The molecule has 38 heavy (non-hydrogen) atoms. The van der Waals surface area contributed by atoms with E-state index in [-0.39, 0.29) is 9.79 Å². The lowest BCUT2D eigenvalue weighted by Crippen LogP contribution is -2.69. The third-order valence-electron chi connectivity index (χ3n) is 8.00. The van der Waals surface area contributed by atoms with Gasteiger partial charge in [0.2, 0.25) is 20.0 Å². The van der Waals surface area contributed by atoms with Gasteiger partial charge in [0, 0.05) is 0 Å². The molecule has 0 aromatic heterocycles. The average molecular weight is 603 g/mol. The van der Waals surface area contributed by atoms with E-state index in [0.717, 1.165) is 19.7 Å². The van der Waals surface area contributed by atoms with Crippen LogP contribution in [0.5, 0.6) is 0 Å². The second kappa shape index (κ2) is 8.83. The minimum Gasteiger partial charge on any atom is -0.229 e. The van der Waals surface area contributed by atoms with Gasteiger partial charge in [-0.25, -0.2) is 33.7 Å². The van der Waals surface area contributed by atoms with Crippen molar-refractivity contribution in [3.8, 4) is 0 Å². The molecule has 3 aliphatic rings. The van der Waals surface area contributed by atoms with Gasteiger partial charge < -0.3 is 0 Å². The van der Waals surface area contributed by atoms with Gasteiger partial charge in [-0.3, -0.25) is 0 Å². The number of hydrogen-bond donors (Lipinski definition) is 0. The SMILES string of the molecule is Cc1ccc(S(=O)(=O)N2[C@@H]3CS(=O)(=O)C[C@@H]3N(S(=O)(=O)c3ccc(C)c(C)c3)[C@@H]3CS(=O)(=O)C[C@@H]32)cc1C. The second-order valence-corrected chi connectivity index (χ2v) is 18.6. The van der Waals surface area contributed by atoms with Gasteiger partial charge >= 0.3 is 0 Å². The summed E-state index contributed by atoms with van der Waals surface area (Å²) in [5, 5.41) is 0. The van der Waals surface area contributed by atoms with E-state index in [4.69, 9.17) is 0 Å². The van der Waals surface area contributed by atoms with E-state index in [0.29, 0.717) is 11.1 Å². The van der Waals surface area contributed by atoms with Gasteiger partial charge in [-0.1, -0.05) is 12.1 Å². The number of fused-ring (bicyclic) bond motifs is 2. The van der Waals surface area contributed by atoms with Crippen LogP contribution in [0.2, 0.25) is 0 Å². The van der Waals surface area contributed by atoms with Crippen LogP contribution in [0.15, 0.2) is 46.2 Å². The van der Waals surface area contributed by atoms with Crippen molar-refractivity contribution in [3.63, 3.8) is 0 Å². The molecule has 10 nitrogen and oxygen atoms in total. The zero-order chi connectivity index (χ0) is 28.0. The molecular weight excluding hydrogens is 573 g/mol. The summed E-state index contributed by atoms with van der Waals surface area (Å²) >= 11 is 0. The van der Waals surface area contributed by atoms with Crippen molar-refractivity contribution in [1.82, 2.24) is 8.61 Å². The van der Waals surface area contributed by atoms with E-state index in [1.165, 1.54) is 24.3 Å². The molecule has 3 saturated heterocycles. The highest BCUT2D eigenvalue weighted by molar-refractivity contribution is 7.93. The molecular formula is C24H30N2O8S4. The molecule has 0 N–H and O–H groups in total. The Bertz CT molecular complexity index is 1600. The first kappa shape index (κ1) is 27.7. The maximum absolute atomic E-state index is 14.0. The molecule has 0 radical (unpaired) electrons. The fraction of sp³-hybridized carbons (Fsp3) is 0.500. The van der Waals surface area contributed by atoms with Gasteiger partial charge in [-0.2, -0.15) is 8.61 Å². The van der Waals surface area contributed by atoms with Crippen molar-refractivity contribution in [2.75, 3.05) is 23.0 Å². The first-order valence-corrected chi connectivity index (χ1v) is 18.6. The summed E-state index contributed by atoms with van der Waals surface area (Å²) in [6.07, 6.45) is 0. The molecule has 0 saturated carbocycles. The van der Waals surface area contributed by atoms with Crippen LogP contribution in [-0.2, 0) is 39.7 Å². The lowest BCUT2D eigenvalue weighted by molar-refractivity contribution is 0.0841. The highest BCUT2D eigenvalue weighted by Crippen LogP contribution is 2.43. The normalized spacial score (nSPS) is 29.2. The zero-order valence-electron chi connectivity index (χ0n) is 21.4. The Labute approximate surface area is 224 Å². The van der Waals surface area contributed by atoms with Crippen LogP contribution >= 0.6 is 0 Å². The van der Waals surface area contributed by atoms with Crippen molar-refractivity contribution in [2.45, 2.75) is 61.7 Å². The Kier molecular flexibility index (Phi) is 6.44. The van der Waals surface area contributed by atoms with Crippen molar-refractivity contribution in [3.05, 3.63) is 58.7 Å². The van der Waals surface area contributed by atoms with Crippen LogP contribution in [0.3, 0.4) is 0 Å². The Hall–Kier alpha value is -1.84. The quantitative estimate of drug-likeness (QED) is 0.503. The third-order valence-corrected chi connectivity index (χ3v) is 15.3. The predicted molar refractivity (Wildman–Crippen MR) is 142 cm³/mol. The molecule has 3 heterocycles. The molecule has 2 aromatic carbocycles. The molecule has 3 fully saturated rings. The minimum absolute atomic E-state index is 0.0860. The standard InChI is InChI=1S/C24H30N2O8S4/c1-15-5-7-19(9-17(15)3)37(31,32)25-21-11-35(27,28)13-23(21)26(24-14-36(29,30)12-22(24)25)38(33,34)20-8-6-16(2)18(4)10-20/h5-10,21-24H,11-14H2,1-4H3/t21-,22+,23+,24-. The van der Waals surface area contributed by atoms with E-state index < -0.39 is 86.9 Å². The molecule has 0 spiro atoms. The monoisotopic (exact) mass is 602 g/mol. The Morgan fingerprint density at radius 1 is 0.553 bits per heavy atom. The Morgan fingerprint density at radius 2 is 0.842 bits per heavy atom. The van der Waals surface area contributed by atoms with E-state index in [9.17, 15) is 33.7 Å². The molecule has 5 rings (SSSR count). The molecule has 0 amide bonds. The number of hydrogen-bond acceptors (Lipinski definition) is 8. The number of piperazine rings is 1. The average Bonchev–Trinajstić information content (AvgIpc) is 3.27. The fourth-order valence-corrected chi connectivity index (χ4v) is 14.0. The molecule has 4 atom stereocenters. The van der Waals surface area contributed by atoms with Crippen molar-refractivity contribution >= 4 is 39.7 Å². The molecule has 0 unspecified atom stereocenters. The van der Waals surface area contributed by atoms with Crippen molar-refractivity contribution in [1.29, 1.82) is 0 Å². The summed E-state index contributed by atoms with van der Waals surface area (Å²) in [6.45, 7) is 7.13. The summed E-state index contributed by atoms with van der Waals surface area (Å²) in [7, 11) is -16.4. The summed E-state index contributed by atoms with van der Waals surface area (Å²) in [4.78, 5) is -0.172. The van der Waals surface area contributed by atoms with E-state index in [1.807, 2.05) is 13.8 Å². The van der Waals surface area contributed by atoms with E-state index >= 15 is 0 Å². The predicted octanol–water partition coefficient (Wildman–Crippen LogP) is 0.947. The zero-order valence-corrected chi connectivity index (χ0v) is 24.7. The van der Waals surface area contributed by atoms with Crippen LogP contribution in [-0.4, -0.2) is 89.5 Å². The number of aryl methyl sites for hydroxylation is 4. The summed E-state index contributed by atoms with van der Waals surface area (Å²) in [6, 6.07) is 3.98. The van der Waals surface area contributed by atoms with E-state index in [1.54, 1.807) is 26.0 Å². The largest absolute Gasteiger partial charge is 0.243 e. The number of nitrogens with zero attached hydrogens (tertiary/aromatic N) is 2. The molecule has 0 aliphatic carbocycles. The number of benzene rings is 2. The first-order chi connectivity index (χ1) is 17.4. The minimum atomic E-state index is -4.37. The van der Waals surface area contributed by atoms with Crippen molar-refractivity contribution in [2.24, 2.45) is 0 Å². The van der Waals surface area contributed by atoms with Gasteiger partial charge in [0.15, 0.2) is 19.7 Å². The second-order valence-electron chi connectivity index (χ2n) is 10.6. The van der Waals surface area contributed by atoms with Crippen molar-refractivity contribution < 1.29 is 33.7 Å². The van der Waals surface area contributed by atoms with Gasteiger partial charge in [0.1, 0.15) is 0 Å². The van der Waals surface area contributed by atoms with Crippen LogP contribution in [0.25, 0.3) is 0 Å². The van der Waals surface area contributed by atoms with Gasteiger partial charge in [0.25, 0.3) is 0 Å². The van der Waals surface area contributed by atoms with Gasteiger partial charge in [-0.05, 0) is 74.2 Å². The lowest BCUT2D eigenvalue weighted by Gasteiger charge is -2.49. The van der Waals surface area contributed by atoms with Gasteiger partial charge in [0.05, 0.1) is 57.0 Å². The first-order valence-electron chi connectivity index (χ1n) is 12.1. The van der Waals surface area contributed by atoms with Gasteiger partial charge in [-0.15, -0.1) is 0 Å². The lowest BCUT2D eigenvalue weighted by atomic mass is 10.0. The number of sulfonamides is 2. The maximum Gasteiger partial charge on any atom is 0.243 e. The molecule has 0 bridgehead atoms. The van der Waals surface area contributed by atoms with E-state index in [2.05, 4.69) is 0 Å². The smallest absolute Gasteiger partial charge is 0.229 e. The van der Waals surface area contributed by atoms with Crippen LogP contribution in [0, 0.1) is 27.7 Å². The number of sulfone groups is 2. The van der Waals surface area contributed by atoms with Crippen LogP contribution < -0.4 is 0 Å². The Morgan fingerprint density at radius 3 is 1.11 bits per heavy atom. The third kappa shape index (κ3) is 4.42.